The number of hydrogen-bond acceptors (Lipinski definition) is 1. The van der Waals surface area contributed by atoms with E-state index in [1.54, 1.807) is 0 Å². The van der Waals surface area contributed by atoms with Gasteiger partial charge in [-0.3, -0.25) is 4.99 Å². The summed E-state index contributed by atoms with van der Waals surface area (Å²) in [6.07, 6.45) is 0. The normalized spacial score (nSPS) is 16.9. The SMILES string of the molecule is CC[Si]([C]=C1C(C)=Nc2ccccc21)(CC)CC. The highest BCUT2D eigenvalue weighted by molar-refractivity contribution is 6.83. The predicted molar refractivity (Wildman–Crippen MR) is 83.1 cm³/mol. The molecular weight excluding hydrogens is 234 g/mol. The molecule has 0 aliphatic carbocycles. The monoisotopic (exact) mass is 256 g/mol. The Kier molecular flexibility index (Phi) is 3.86. The Labute approximate surface area is 112 Å². The maximum absolute atomic E-state index is 4.66. The Morgan fingerprint density at radius 2 is 1.67 bits per heavy atom. The van der Waals surface area contributed by atoms with E-state index < -0.39 is 8.07 Å². The molecular formula is C16H22NSi. The van der Waals surface area contributed by atoms with Gasteiger partial charge < -0.3 is 0 Å². The van der Waals surface area contributed by atoms with Gasteiger partial charge in [0.15, 0.2) is 0 Å². The Morgan fingerprint density at radius 1 is 1.06 bits per heavy atom. The smallest absolute Gasteiger partial charge is 0.0867 e. The van der Waals surface area contributed by atoms with Gasteiger partial charge in [-0.05, 0) is 18.7 Å². The summed E-state index contributed by atoms with van der Waals surface area (Å²) >= 11 is 0. The van der Waals surface area contributed by atoms with Crippen LogP contribution in [-0.2, 0) is 0 Å². The highest BCUT2D eigenvalue weighted by atomic mass is 28.3. The predicted octanol–water partition coefficient (Wildman–Crippen LogP) is 5.03. The van der Waals surface area contributed by atoms with E-state index >= 15 is 0 Å². The fourth-order valence-electron chi connectivity index (χ4n) is 2.65. The van der Waals surface area contributed by atoms with E-state index in [9.17, 15) is 0 Å². The Bertz CT molecular complexity index is 487. The minimum Gasteiger partial charge on any atom is -0.252 e. The van der Waals surface area contributed by atoms with Crippen LogP contribution in [0.3, 0.4) is 0 Å². The van der Waals surface area contributed by atoms with Crippen LogP contribution in [0, 0.1) is 5.70 Å². The molecule has 0 saturated carbocycles. The van der Waals surface area contributed by atoms with Gasteiger partial charge in [0.1, 0.15) is 0 Å². The number of para-hydroxylation sites is 1. The van der Waals surface area contributed by atoms with Gasteiger partial charge in [0.05, 0.1) is 13.8 Å². The van der Waals surface area contributed by atoms with E-state index in [1.807, 2.05) is 0 Å². The molecule has 2 heteroatoms. The largest absolute Gasteiger partial charge is 0.252 e. The van der Waals surface area contributed by atoms with Gasteiger partial charge in [0, 0.05) is 16.8 Å². The molecule has 0 N–H and O–H groups in total. The number of benzene rings is 1. The molecule has 95 valence electrons. The summed E-state index contributed by atoms with van der Waals surface area (Å²) in [6, 6.07) is 12.3. The first kappa shape index (κ1) is 13.3. The Morgan fingerprint density at radius 3 is 2.28 bits per heavy atom. The molecule has 1 heterocycles. The van der Waals surface area contributed by atoms with Crippen LogP contribution in [0.2, 0.25) is 18.1 Å². The molecule has 0 amide bonds. The molecule has 0 unspecified atom stereocenters. The van der Waals surface area contributed by atoms with Crippen molar-refractivity contribution in [2.24, 2.45) is 4.99 Å². The van der Waals surface area contributed by atoms with Crippen molar-refractivity contribution >= 4 is 25.0 Å². The van der Waals surface area contributed by atoms with Crippen molar-refractivity contribution in [3.63, 3.8) is 0 Å². The van der Waals surface area contributed by atoms with Crippen molar-refractivity contribution in [3.05, 3.63) is 35.5 Å². The van der Waals surface area contributed by atoms with E-state index in [0.717, 1.165) is 11.4 Å². The lowest BCUT2D eigenvalue weighted by atomic mass is 10.1. The summed E-state index contributed by atoms with van der Waals surface area (Å²) in [5.74, 6) is 0. The summed E-state index contributed by atoms with van der Waals surface area (Å²) in [7, 11) is -1.36. The number of rotatable bonds is 4. The summed E-state index contributed by atoms with van der Waals surface area (Å²) in [5, 5.41) is 0. The van der Waals surface area contributed by atoms with Crippen LogP contribution < -0.4 is 0 Å². The van der Waals surface area contributed by atoms with Gasteiger partial charge in [0.25, 0.3) is 0 Å². The second-order valence-corrected chi connectivity index (χ2v) is 9.99. The first-order valence-electron chi connectivity index (χ1n) is 6.96. The number of hydrogen-bond donors (Lipinski definition) is 0. The van der Waals surface area contributed by atoms with Gasteiger partial charge in [-0.25, -0.2) is 0 Å². The van der Waals surface area contributed by atoms with E-state index in [4.69, 9.17) is 0 Å². The molecule has 1 radical (unpaired) electrons. The number of aliphatic imine (C=N–C) groups is 1. The molecule has 1 aromatic rings. The van der Waals surface area contributed by atoms with Crippen LogP contribution in [-0.4, -0.2) is 13.8 Å². The second kappa shape index (κ2) is 5.23. The maximum Gasteiger partial charge on any atom is 0.0867 e. The zero-order valence-electron chi connectivity index (χ0n) is 11.9. The van der Waals surface area contributed by atoms with Gasteiger partial charge in [-0.2, -0.15) is 0 Å². The van der Waals surface area contributed by atoms with Gasteiger partial charge >= 0.3 is 0 Å². The van der Waals surface area contributed by atoms with E-state index in [0.29, 0.717) is 0 Å². The molecule has 0 aromatic heterocycles. The summed E-state index contributed by atoms with van der Waals surface area (Å²) in [6.45, 7) is 9.07. The third-order valence-corrected chi connectivity index (χ3v) is 9.08. The highest BCUT2D eigenvalue weighted by Crippen LogP contribution is 2.36. The van der Waals surface area contributed by atoms with Crippen LogP contribution in [0.5, 0.6) is 0 Å². The molecule has 18 heavy (non-hydrogen) atoms. The van der Waals surface area contributed by atoms with Crippen LogP contribution >= 0.6 is 0 Å². The topological polar surface area (TPSA) is 12.4 Å². The highest BCUT2D eigenvalue weighted by Gasteiger charge is 2.28. The fourth-order valence-corrected chi connectivity index (χ4v) is 5.53. The van der Waals surface area contributed by atoms with Crippen molar-refractivity contribution in [1.29, 1.82) is 0 Å². The molecule has 0 fully saturated rings. The fraction of sp³-hybridized carbons (Fsp3) is 0.438. The van der Waals surface area contributed by atoms with E-state index in [2.05, 4.69) is 62.7 Å². The van der Waals surface area contributed by atoms with Crippen LogP contribution in [0.4, 0.5) is 5.69 Å². The Hall–Kier alpha value is -1.15. The average molecular weight is 256 g/mol. The molecule has 0 bridgehead atoms. The maximum atomic E-state index is 4.66. The number of allylic oxidation sites excluding steroid dienone is 1. The summed E-state index contributed by atoms with van der Waals surface area (Å²) in [5.41, 5.74) is 8.73. The first-order valence-corrected chi connectivity index (χ1v) is 9.58. The molecule has 0 atom stereocenters. The molecule has 1 aliphatic rings. The van der Waals surface area contributed by atoms with Crippen molar-refractivity contribution in [1.82, 2.24) is 0 Å². The van der Waals surface area contributed by atoms with Crippen molar-refractivity contribution in [2.75, 3.05) is 0 Å². The molecule has 1 aromatic carbocycles. The van der Waals surface area contributed by atoms with Gasteiger partial charge in [0.2, 0.25) is 0 Å². The van der Waals surface area contributed by atoms with Crippen LogP contribution in [0.1, 0.15) is 33.3 Å². The van der Waals surface area contributed by atoms with E-state index in [1.165, 1.54) is 29.3 Å². The van der Waals surface area contributed by atoms with Gasteiger partial charge in [-0.15, -0.1) is 0 Å². The third-order valence-electron chi connectivity index (χ3n) is 4.24. The first-order chi connectivity index (χ1) is 8.65. The van der Waals surface area contributed by atoms with E-state index in [-0.39, 0.29) is 0 Å². The van der Waals surface area contributed by atoms with Crippen LogP contribution in [0.25, 0.3) is 5.57 Å². The minimum absolute atomic E-state index is 1.11. The molecule has 2 rings (SSSR count). The minimum atomic E-state index is -1.36. The average Bonchev–Trinajstić information content (AvgIpc) is 2.72. The zero-order chi connectivity index (χ0) is 13.2. The van der Waals surface area contributed by atoms with Crippen molar-refractivity contribution in [3.8, 4) is 0 Å². The molecule has 1 nitrogen and oxygen atoms in total. The molecule has 0 spiro atoms. The summed E-state index contributed by atoms with van der Waals surface area (Å²) < 4.78 is 0. The zero-order valence-corrected chi connectivity index (χ0v) is 12.9. The second-order valence-electron chi connectivity index (χ2n) is 5.06. The lowest BCUT2D eigenvalue weighted by molar-refractivity contribution is 1.19. The quantitative estimate of drug-likeness (QED) is 0.670. The van der Waals surface area contributed by atoms with Gasteiger partial charge in [-0.1, -0.05) is 57.1 Å². The lowest BCUT2D eigenvalue weighted by Crippen LogP contribution is -2.30. The number of fused-ring (bicyclic) bond motifs is 1. The lowest BCUT2D eigenvalue weighted by Gasteiger charge is -2.24. The third kappa shape index (κ3) is 2.22. The molecule has 1 aliphatic heterocycles. The Balaban J connectivity index is 2.49. The van der Waals surface area contributed by atoms with Crippen molar-refractivity contribution < 1.29 is 0 Å². The van der Waals surface area contributed by atoms with Crippen LogP contribution in [0.15, 0.2) is 29.3 Å². The summed E-state index contributed by atoms with van der Waals surface area (Å²) in [4.78, 5) is 4.66. The number of nitrogens with zero attached hydrogens (tertiary/aromatic N) is 1. The molecule has 0 saturated heterocycles. The standard InChI is InChI=1S/C16H22NSi/c1-5-18(6-2,7-3)12-15-13(4)17-16-11-9-8-10-14(15)16/h8-11H,5-7H2,1-4H3. The van der Waals surface area contributed by atoms with Crippen molar-refractivity contribution in [2.45, 2.75) is 45.8 Å².